The Kier molecular flexibility index (Phi) is 3.57. The van der Waals surface area contributed by atoms with Crippen molar-refractivity contribution in [1.29, 1.82) is 0 Å². The van der Waals surface area contributed by atoms with Gasteiger partial charge in [0.15, 0.2) is 11.5 Å². The van der Waals surface area contributed by atoms with Crippen LogP contribution in [0.5, 0.6) is 11.5 Å². The molecular formula is C22H26N2O3. The van der Waals surface area contributed by atoms with Gasteiger partial charge in [-0.25, -0.2) is 0 Å². The second-order valence-electron chi connectivity index (χ2n) is 8.52. The Hall–Kier alpha value is -1.98. The van der Waals surface area contributed by atoms with Gasteiger partial charge in [0.2, 0.25) is 6.79 Å². The molecular weight excluding hydrogens is 340 g/mol. The van der Waals surface area contributed by atoms with E-state index in [0.717, 1.165) is 42.0 Å². The number of ether oxygens (including phenoxy) is 2. The Morgan fingerprint density at radius 2 is 1.85 bits per heavy atom. The molecule has 0 N–H and O–H groups in total. The minimum Gasteiger partial charge on any atom is -0.465 e. The molecule has 5 nitrogen and oxygen atoms in total. The van der Waals surface area contributed by atoms with Crippen LogP contribution in [0.1, 0.15) is 35.8 Å². The summed E-state index contributed by atoms with van der Waals surface area (Å²) in [5.41, 5.74) is 1.39. The van der Waals surface area contributed by atoms with Gasteiger partial charge in [0, 0.05) is 24.5 Å². The molecule has 5 aliphatic heterocycles. The number of rotatable bonds is 3. The van der Waals surface area contributed by atoms with Gasteiger partial charge in [0.05, 0.1) is 6.54 Å². The van der Waals surface area contributed by atoms with Crippen LogP contribution in [-0.2, 0) is 6.54 Å². The molecule has 7 rings (SSSR count). The lowest BCUT2D eigenvalue weighted by molar-refractivity contribution is -0.0102. The molecule has 0 aliphatic carbocycles. The summed E-state index contributed by atoms with van der Waals surface area (Å²) in [5.74, 6) is 5.21. The van der Waals surface area contributed by atoms with Crippen LogP contribution >= 0.6 is 0 Å². The molecule has 4 fully saturated rings. The van der Waals surface area contributed by atoms with E-state index in [0.29, 0.717) is 24.8 Å². The summed E-state index contributed by atoms with van der Waals surface area (Å²) < 4.78 is 17.1. The summed E-state index contributed by atoms with van der Waals surface area (Å²) >= 11 is 0. The largest absolute Gasteiger partial charge is 0.465 e. The van der Waals surface area contributed by atoms with Crippen molar-refractivity contribution in [2.24, 2.45) is 5.92 Å². The average molecular weight is 366 g/mol. The third kappa shape index (κ3) is 2.52. The Morgan fingerprint density at radius 1 is 1.00 bits per heavy atom. The molecule has 5 aliphatic rings. The first kappa shape index (κ1) is 16.0. The molecule has 0 spiro atoms. The van der Waals surface area contributed by atoms with E-state index >= 15 is 0 Å². The van der Waals surface area contributed by atoms with Crippen molar-refractivity contribution in [3.63, 3.8) is 0 Å². The maximum absolute atomic E-state index is 5.91. The first-order valence-electron chi connectivity index (χ1n) is 10.2. The van der Waals surface area contributed by atoms with E-state index in [1.807, 2.05) is 6.92 Å². The zero-order valence-electron chi connectivity index (χ0n) is 15.8. The molecule has 0 unspecified atom stereocenters. The second-order valence-corrected chi connectivity index (χ2v) is 8.52. The van der Waals surface area contributed by atoms with Gasteiger partial charge in [0.25, 0.3) is 0 Å². The number of nitrogens with zero attached hydrogens (tertiary/aromatic N) is 2. The molecule has 2 aromatic rings. The first-order valence-corrected chi connectivity index (χ1v) is 10.2. The van der Waals surface area contributed by atoms with Crippen LogP contribution in [-0.4, -0.2) is 48.3 Å². The minimum absolute atomic E-state index is 0.341. The summed E-state index contributed by atoms with van der Waals surface area (Å²) in [6, 6.07) is 12.0. The highest BCUT2D eigenvalue weighted by atomic mass is 16.7. The maximum atomic E-state index is 5.91. The zero-order chi connectivity index (χ0) is 18.0. The fraction of sp³-hybridized carbons (Fsp3) is 0.545. The monoisotopic (exact) mass is 366 g/mol. The van der Waals surface area contributed by atoms with Gasteiger partial charge < -0.3 is 13.9 Å². The highest BCUT2D eigenvalue weighted by Crippen LogP contribution is 2.48. The van der Waals surface area contributed by atoms with E-state index in [1.54, 1.807) is 0 Å². The Bertz CT molecular complexity index is 855. The third-order valence-electron chi connectivity index (χ3n) is 7.07. The van der Waals surface area contributed by atoms with Crippen molar-refractivity contribution < 1.29 is 13.9 Å². The summed E-state index contributed by atoms with van der Waals surface area (Å²) in [7, 11) is 0. The van der Waals surface area contributed by atoms with Gasteiger partial charge in [-0.1, -0.05) is 6.07 Å². The predicted octanol–water partition coefficient (Wildman–Crippen LogP) is 3.38. The van der Waals surface area contributed by atoms with E-state index < -0.39 is 0 Å². The molecule has 0 saturated carbocycles. The van der Waals surface area contributed by atoms with Gasteiger partial charge in [0.1, 0.15) is 11.5 Å². The fourth-order valence-corrected chi connectivity index (χ4v) is 5.93. The molecule has 5 heteroatoms. The molecule has 0 radical (unpaired) electrons. The van der Waals surface area contributed by atoms with Crippen molar-refractivity contribution in [2.75, 3.05) is 26.4 Å². The first-order chi connectivity index (χ1) is 13.3. The van der Waals surface area contributed by atoms with Crippen molar-refractivity contribution in [2.45, 2.75) is 44.3 Å². The molecule has 0 amide bonds. The topological polar surface area (TPSA) is 38.1 Å². The second kappa shape index (κ2) is 6.01. The lowest BCUT2D eigenvalue weighted by Gasteiger charge is -2.51. The van der Waals surface area contributed by atoms with Gasteiger partial charge in [-0.15, -0.1) is 0 Å². The SMILES string of the molecule is Cc1ccc(CN2C[C@H](c3ccc4c(c3)OCO4)[C@H]3[C@@H]2C2CCN3CC2)o1. The lowest BCUT2D eigenvalue weighted by Crippen LogP contribution is -2.59. The van der Waals surface area contributed by atoms with Crippen LogP contribution in [0.4, 0.5) is 0 Å². The predicted molar refractivity (Wildman–Crippen MR) is 101 cm³/mol. The van der Waals surface area contributed by atoms with Crippen LogP contribution in [0.3, 0.4) is 0 Å². The van der Waals surface area contributed by atoms with Crippen LogP contribution in [0.25, 0.3) is 0 Å². The van der Waals surface area contributed by atoms with E-state index in [4.69, 9.17) is 13.9 Å². The zero-order valence-corrected chi connectivity index (χ0v) is 15.8. The summed E-state index contributed by atoms with van der Waals surface area (Å²) in [5, 5.41) is 0. The normalized spacial score (nSPS) is 34.2. The van der Waals surface area contributed by atoms with Crippen LogP contribution in [0, 0.1) is 12.8 Å². The lowest BCUT2D eigenvalue weighted by atomic mass is 9.75. The van der Waals surface area contributed by atoms with Crippen molar-refractivity contribution in [3.05, 3.63) is 47.4 Å². The third-order valence-corrected chi connectivity index (χ3v) is 7.07. The smallest absolute Gasteiger partial charge is 0.231 e. The fourth-order valence-electron chi connectivity index (χ4n) is 5.93. The minimum atomic E-state index is 0.341. The average Bonchev–Trinajstić information content (AvgIpc) is 3.42. The van der Waals surface area contributed by atoms with Crippen molar-refractivity contribution in [3.8, 4) is 11.5 Å². The van der Waals surface area contributed by atoms with Gasteiger partial charge in [-0.2, -0.15) is 0 Å². The van der Waals surface area contributed by atoms with Crippen LogP contribution in [0.2, 0.25) is 0 Å². The molecule has 27 heavy (non-hydrogen) atoms. The standard InChI is InChI=1S/C22H26N2O3/c1-14-2-4-17(27-14)11-24-12-18(16-3-5-19-20(10-16)26-13-25-19)22-21(24)15-6-8-23(22)9-7-15/h2-5,10,15,18,21-22H,6-9,11-13H2,1H3/t18-,21+,22+/m1/s1. The van der Waals surface area contributed by atoms with E-state index in [1.165, 1.54) is 31.5 Å². The highest BCUT2D eigenvalue weighted by Gasteiger charge is 2.53. The van der Waals surface area contributed by atoms with E-state index in [-0.39, 0.29) is 0 Å². The number of furan rings is 1. The van der Waals surface area contributed by atoms with Crippen molar-refractivity contribution in [1.82, 2.24) is 9.80 Å². The Balaban J connectivity index is 1.34. The summed E-state index contributed by atoms with van der Waals surface area (Å²) in [6.45, 7) is 6.87. The molecule has 6 heterocycles. The maximum Gasteiger partial charge on any atom is 0.231 e. The number of aryl methyl sites for hydroxylation is 1. The number of likely N-dealkylation sites (tertiary alicyclic amines) is 1. The highest BCUT2D eigenvalue weighted by molar-refractivity contribution is 5.46. The number of benzene rings is 1. The molecule has 4 saturated heterocycles. The Labute approximate surface area is 159 Å². The number of fused-ring (bicyclic) bond motifs is 3. The van der Waals surface area contributed by atoms with Crippen molar-refractivity contribution >= 4 is 0 Å². The number of piperidine rings is 3. The van der Waals surface area contributed by atoms with Gasteiger partial charge in [-0.05, 0) is 68.6 Å². The Morgan fingerprint density at radius 3 is 2.67 bits per heavy atom. The van der Waals surface area contributed by atoms with Gasteiger partial charge in [-0.3, -0.25) is 9.80 Å². The van der Waals surface area contributed by atoms with Gasteiger partial charge >= 0.3 is 0 Å². The van der Waals surface area contributed by atoms with Crippen LogP contribution < -0.4 is 9.47 Å². The molecule has 3 atom stereocenters. The number of hydrogen-bond donors (Lipinski definition) is 0. The quantitative estimate of drug-likeness (QED) is 0.833. The van der Waals surface area contributed by atoms with Crippen LogP contribution in [0.15, 0.2) is 34.7 Å². The summed E-state index contributed by atoms with van der Waals surface area (Å²) in [6.07, 6.45) is 2.67. The van der Waals surface area contributed by atoms with E-state index in [9.17, 15) is 0 Å². The summed E-state index contributed by atoms with van der Waals surface area (Å²) in [4.78, 5) is 5.43. The molecule has 142 valence electrons. The molecule has 1 aromatic heterocycles. The van der Waals surface area contributed by atoms with E-state index in [2.05, 4.69) is 40.1 Å². The number of hydrogen-bond acceptors (Lipinski definition) is 5. The molecule has 2 bridgehead atoms. The molecule has 1 aromatic carbocycles.